The molecule has 4 N–H and O–H groups in total. The van der Waals surface area contributed by atoms with Gasteiger partial charge in [-0.15, -0.1) is 0 Å². The summed E-state index contributed by atoms with van der Waals surface area (Å²) < 4.78 is 26.7. The summed E-state index contributed by atoms with van der Waals surface area (Å²) in [5.41, 5.74) is 5.08. The molecule has 0 spiro atoms. The van der Waals surface area contributed by atoms with Crippen molar-refractivity contribution in [3.8, 4) is 5.75 Å². The first-order chi connectivity index (χ1) is 7.84. The van der Waals surface area contributed by atoms with Gasteiger partial charge in [-0.3, -0.25) is 4.79 Å². The number of carbonyl (C=O) groups is 1. The maximum absolute atomic E-state index is 13.6. The molecule has 0 radical (unpaired) electrons. The molecule has 1 aromatic rings. The van der Waals surface area contributed by atoms with E-state index in [1.807, 2.05) is 0 Å². The number of aliphatic carboxylic acids is 1. The number of phenolic OH excluding ortho intramolecular Hbond substituents is 1. The van der Waals surface area contributed by atoms with Crippen LogP contribution >= 0.6 is 15.9 Å². The van der Waals surface area contributed by atoms with Crippen LogP contribution in [0.4, 0.5) is 8.78 Å². The van der Waals surface area contributed by atoms with Crippen LogP contribution in [0.15, 0.2) is 10.5 Å². The van der Waals surface area contributed by atoms with Gasteiger partial charge in [0.05, 0.1) is 4.47 Å². The quantitative estimate of drug-likeness (QED) is 0.745. The summed E-state index contributed by atoms with van der Waals surface area (Å²) in [5.74, 6) is -3.69. The number of hydrogen-bond acceptors (Lipinski definition) is 3. The van der Waals surface area contributed by atoms with Crippen molar-refractivity contribution in [3.63, 3.8) is 0 Å². The van der Waals surface area contributed by atoms with Crippen LogP contribution in [-0.4, -0.2) is 16.2 Å². The van der Waals surface area contributed by atoms with Gasteiger partial charge in [-0.05, 0) is 22.4 Å². The molecule has 7 heteroatoms. The van der Waals surface area contributed by atoms with E-state index in [4.69, 9.17) is 15.9 Å². The van der Waals surface area contributed by atoms with Crippen molar-refractivity contribution in [2.24, 2.45) is 5.73 Å². The first kappa shape index (κ1) is 13.9. The van der Waals surface area contributed by atoms with E-state index in [9.17, 15) is 13.6 Å². The molecule has 0 heterocycles. The van der Waals surface area contributed by atoms with Gasteiger partial charge >= 0.3 is 5.97 Å². The fourth-order valence-corrected chi connectivity index (χ4v) is 1.69. The Hall–Kier alpha value is -1.21. The molecular formula is C10H10BrF2NO3. The fourth-order valence-electron chi connectivity index (χ4n) is 1.36. The minimum atomic E-state index is -1.10. The van der Waals surface area contributed by atoms with Crippen molar-refractivity contribution in [2.75, 3.05) is 0 Å². The van der Waals surface area contributed by atoms with Gasteiger partial charge in [-0.2, -0.15) is 0 Å². The highest BCUT2D eigenvalue weighted by atomic mass is 79.9. The second-order valence-corrected chi connectivity index (χ2v) is 4.25. The molecule has 0 aromatic heterocycles. The number of halogens is 3. The molecule has 17 heavy (non-hydrogen) atoms. The molecule has 1 unspecified atom stereocenters. The number of nitrogens with two attached hydrogens (primary N) is 1. The van der Waals surface area contributed by atoms with Crippen LogP contribution in [0.1, 0.15) is 24.4 Å². The number of carboxylic acid groups (broad SMARTS) is 1. The Balaban J connectivity index is 3.05. The van der Waals surface area contributed by atoms with Gasteiger partial charge in [-0.1, -0.05) is 0 Å². The summed E-state index contributed by atoms with van der Waals surface area (Å²) in [6.45, 7) is 0. The van der Waals surface area contributed by atoms with E-state index in [2.05, 4.69) is 15.9 Å². The van der Waals surface area contributed by atoms with Crippen molar-refractivity contribution in [1.82, 2.24) is 0 Å². The molecule has 1 atom stereocenters. The third-order valence-corrected chi connectivity index (χ3v) is 2.97. The lowest BCUT2D eigenvalue weighted by Crippen LogP contribution is -2.16. The summed E-state index contributed by atoms with van der Waals surface area (Å²) in [5, 5.41) is 17.6. The lowest BCUT2D eigenvalue weighted by molar-refractivity contribution is -0.137. The highest BCUT2D eigenvalue weighted by molar-refractivity contribution is 9.10. The first-order valence-electron chi connectivity index (χ1n) is 4.68. The maximum atomic E-state index is 13.6. The predicted octanol–water partition coefficient (Wildman–Crippen LogP) is 2.30. The Morgan fingerprint density at radius 2 is 2.12 bits per heavy atom. The molecular weight excluding hydrogens is 300 g/mol. The average Bonchev–Trinajstić information content (AvgIpc) is 2.23. The third kappa shape index (κ3) is 3.13. The minimum absolute atomic E-state index is 0.0968. The topological polar surface area (TPSA) is 83.6 Å². The standard InChI is InChI=1S/C10H10BrF2NO3/c11-9-6(15)3-4(12)8(10(9)13)5(14)1-2-7(16)17/h3,5,15H,1-2,14H2,(H,16,17). The number of phenols is 1. The van der Waals surface area contributed by atoms with E-state index in [0.717, 1.165) is 6.07 Å². The summed E-state index contributed by atoms with van der Waals surface area (Å²) in [7, 11) is 0. The van der Waals surface area contributed by atoms with Crippen molar-refractivity contribution in [2.45, 2.75) is 18.9 Å². The van der Waals surface area contributed by atoms with Crippen molar-refractivity contribution in [1.29, 1.82) is 0 Å². The SMILES string of the molecule is NC(CCC(=O)O)c1c(F)cc(O)c(Br)c1F. The molecule has 0 fully saturated rings. The molecule has 0 aliphatic heterocycles. The average molecular weight is 310 g/mol. The van der Waals surface area contributed by atoms with E-state index in [0.29, 0.717) is 0 Å². The second-order valence-electron chi connectivity index (χ2n) is 3.46. The van der Waals surface area contributed by atoms with E-state index in [1.165, 1.54) is 0 Å². The third-order valence-electron chi connectivity index (χ3n) is 2.21. The summed E-state index contributed by atoms with van der Waals surface area (Å²) >= 11 is 2.75. The van der Waals surface area contributed by atoms with Crippen LogP contribution in [0.5, 0.6) is 5.75 Å². The predicted molar refractivity (Wildman–Crippen MR) is 59.5 cm³/mol. The smallest absolute Gasteiger partial charge is 0.303 e. The molecule has 1 rings (SSSR count). The molecule has 0 amide bonds. The molecule has 0 saturated carbocycles. The molecule has 0 bridgehead atoms. The van der Waals surface area contributed by atoms with Crippen LogP contribution in [-0.2, 0) is 4.79 Å². The summed E-state index contributed by atoms with van der Waals surface area (Å²) in [4.78, 5) is 10.3. The molecule has 0 saturated heterocycles. The maximum Gasteiger partial charge on any atom is 0.303 e. The Kier molecular flexibility index (Phi) is 4.41. The number of rotatable bonds is 4. The van der Waals surface area contributed by atoms with Gasteiger partial charge in [-0.25, -0.2) is 8.78 Å². The van der Waals surface area contributed by atoms with Crippen LogP contribution in [0.2, 0.25) is 0 Å². The highest BCUT2D eigenvalue weighted by Gasteiger charge is 2.22. The lowest BCUT2D eigenvalue weighted by atomic mass is 10.0. The number of aromatic hydroxyl groups is 1. The van der Waals surface area contributed by atoms with E-state index in [1.54, 1.807) is 0 Å². The van der Waals surface area contributed by atoms with E-state index >= 15 is 0 Å². The van der Waals surface area contributed by atoms with Gasteiger partial charge in [0.25, 0.3) is 0 Å². The molecule has 1 aromatic carbocycles. The minimum Gasteiger partial charge on any atom is -0.507 e. The van der Waals surface area contributed by atoms with E-state index in [-0.39, 0.29) is 17.3 Å². The Morgan fingerprint density at radius 3 is 2.65 bits per heavy atom. The Labute approximate surface area is 104 Å². The normalized spacial score (nSPS) is 12.5. The zero-order valence-electron chi connectivity index (χ0n) is 8.58. The van der Waals surface area contributed by atoms with Crippen molar-refractivity contribution < 1.29 is 23.8 Å². The molecule has 0 aliphatic rings. The van der Waals surface area contributed by atoms with Crippen LogP contribution in [0, 0.1) is 11.6 Å². The van der Waals surface area contributed by atoms with Gasteiger partial charge in [0.1, 0.15) is 17.4 Å². The van der Waals surface area contributed by atoms with Crippen LogP contribution in [0.25, 0.3) is 0 Å². The van der Waals surface area contributed by atoms with Gasteiger partial charge in [0.2, 0.25) is 0 Å². The number of carboxylic acids is 1. The monoisotopic (exact) mass is 309 g/mol. The van der Waals surface area contributed by atoms with Gasteiger partial charge < -0.3 is 15.9 Å². The molecule has 94 valence electrons. The van der Waals surface area contributed by atoms with Crippen molar-refractivity contribution in [3.05, 3.63) is 27.7 Å². The largest absolute Gasteiger partial charge is 0.507 e. The zero-order valence-corrected chi connectivity index (χ0v) is 10.2. The first-order valence-corrected chi connectivity index (χ1v) is 5.47. The summed E-state index contributed by atoms with van der Waals surface area (Å²) in [6, 6.07) is -0.355. The zero-order chi connectivity index (χ0) is 13.2. The fraction of sp³-hybridized carbons (Fsp3) is 0.300. The molecule has 4 nitrogen and oxygen atoms in total. The van der Waals surface area contributed by atoms with Crippen LogP contribution in [0.3, 0.4) is 0 Å². The highest BCUT2D eigenvalue weighted by Crippen LogP contribution is 2.34. The van der Waals surface area contributed by atoms with Crippen molar-refractivity contribution >= 4 is 21.9 Å². The van der Waals surface area contributed by atoms with Gasteiger partial charge in [0.15, 0.2) is 0 Å². The molecule has 0 aliphatic carbocycles. The number of hydrogen-bond donors (Lipinski definition) is 3. The second kappa shape index (κ2) is 5.42. The van der Waals surface area contributed by atoms with Gasteiger partial charge in [0, 0.05) is 24.1 Å². The Bertz CT molecular complexity index is 454. The Morgan fingerprint density at radius 1 is 1.53 bits per heavy atom. The number of benzene rings is 1. The lowest BCUT2D eigenvalue weighted by Gasteiger charge is -2.14. The van der Waals surface area contributed by atoms with E-state index < -0.39 is 35.0 Å². The summed E-state index contributed by atoms with van der Waals surface area (Å²) in [6.07, 6.45) is -0.390. The van der Waals surface area contributed by atoms with Crippen LogP contribution < -0.4 is 5.73 Å².